The van der Waals surface area contributed by atoms with Gasteiger partial charge in [0.2, 0.25) is 10.0 Å². The Balaban J connectivity index is 1.68. The van der Waals surface area contributed by atoms with Crippen molar-refractivity contribution in [2.75, 3.05) is 20.6 Å². The Morgan fingerprint density at radius 2 is 1.96 bits per heavy atom. The highest BCUT2D eigenvalue weighted by Gasteiger charge is 2.25. The Morgan fingerprint density at radius 3 is 2.58 bits per heavy atom. The van der Waals surface area contributed by atoms with Gasteiger partial charge in [-0.1, -0.05) is 6.07 Å². The van der Waals surface area contributed by atoms with Crippen molar-refractivity contribution in [3.05, 3.63) is 42.2 Å². The number of aromatic nitrogens is 2. The van der Waals surface area contributed by atoms with Gasteiger partial charge in [0.15, 0.2) is 0 Å². The van der Waals surface area contributed by atoms with E-state index in [1.54, 1.807) is 23.1 Å². The van der Waals surface area contributed by atoms with Crippen molar-refractivity contribution >= 4 is 10.0 Å². The molecule has 1 aliphatic rings. The van der Waals surface area contributed by atoms with Gasteiger partial charge in [-0.2, -0.15) is 5.10 Å². The van der Waals surface area contributed by atoms with Gasteiger partial charge in [0.25, 0.3) is 0 Å². The first-order valence-corrected chi connectivity index (χ1v) is 10.6. The lowest BCUT2D eigenvalue weighted by molar-refractivity contribution is 0.194. The van der Waals surface area contributed by atoms with Gasteiger partial charge in [-0.15, -0.1) is 0 Å². The van der Waals surface area contributed by atoms with Gasteiger partial charge in [0.05, 0.1) is 10.6 Å². The molecule has 0 amide bonds. The van der Waals surface area contributed by atoms with Crippen molar-refractivity contribution in [3.8, 4) is 5.69 Å². The molecule has 0 atom stereocenters. The third kappa shape index (κ3) is 4.34. The zero-order valence-corrected chi connectivity index (χ0v) is 16.5. The van der Waals surface area contributed by atoms with Crippen LogP contribution in [0, 0.1) is 12.8 Å². The summed E-state index contributed by atoms with van der Waals surface area (Å²) in [7, 11) is 0.693. The number of hydrogen-bond donors (Lipinski definition) is 1. The number of nitrogens with zero attached hydrogens (tertiary/aromatic N) is 3. The Kier molecular flexibility index (Phi) is 5.79. The molecule has 1 N–H and O–H groups in total. The van der Waals surface area contributed by atoms with E-state index in [2.05, 4.69) is 28.8 Å². The van der Waals surface area contributed by atoms with Crippen molar-refractivity contribution in [2.45, 2.75) is 43.5 Å². The summed E-state index contributed by atoms with van der Waals surface area (Å²) in [5, 5.41) is 4.18. The van der Waals surface area contributed by atoms with Crippen molar-refractivity contribution in [3.63, 3.8) is 0 Å². The zero-order valence-electron chi connectivity index (χ0n) is 15.7. The summed E-state index contributed by atoms with van der Waals surface area (Å²) < 4.78 is 30.2. The molecule has 0 spiro atoms. The van der Waals surface area contributed by atoms with Crippen molar-refractivity contribution in [2.24, 2.45) is 5.92 Å². The maximum atomic E-state index is 12.8. The highest BCUT2D eigenvalue weighted by molar-refractivity contribution is 7.89. The Labute approximate surface area is 156 Å². The monoisotopic (exact) mass is 376 g/mol. The molecule has 6 nitrogen and oxygen atoms in total. The smallest absolute Gasteiger partial charge is 0.240 e. The van der Waals surface area contributed by atoms with E-state index in [-0.39, 0.29) is 0 Å². The van der Waals surface area contributed by atoms with Crippen LogP contribution in [0.5, 0.6) is 0 Å². The fourth-order valence-corrected chi connectivity index (χ4v) is 4.99. The normalized spacial score (nSPS) is 21.2. The highest BCUT2D eigenvalue weighted by Crippen LogP contribution is 2.27. The molecular formula is C19H28N4O2S. The molecule has 7 heteroatoms. The second kappa shape index (κ2) is 7.90. The molecule has 1 heterocycles. The predicted molar refractivity (Wildman–Crippen MR) is 103 cm³/mol. The number of aryl methyl sites for hydroxylation is 1. The van der Waals surface area contributed by atoms with Crippen molar-refractivity contribution < 1.29 is 8.42 Å². The lowest BCUT2D eigenvalue weighted by Gasteiger charge is -2.32. The van der Waals surface area contributed by atoms with Crippen LogP contribution in [0.25, 0.3) is 5.69 Å². The lowest BCUT2D eigenvalue weighted by atomic mass is 9.86. The van der Waals surface area contributed by atoms with Crippen LogP contribution in [-0.4, -0.2) is 49.8 Å². The van der Waals surface area contributed by atoms with Crippen LogP contribution in [0.4, 0.5) is 0 Å². The molecule has 1 aromatic heterocycles. The Hall–Kier alpha value is -1.70. The lowest BCUT2D eigenvalue weighted by Crippen LogP contribution is -2.36. The van der Waals surface area contributed by atoms with Gasteiger partial charge in [0.1, 0.15) is 0 Å². The largest absolute Gasteiger partial charge is 0.306 e. The van der Waals surface area contributed by atoms with E-state index in [0.29, 0.717) is 23.4 Å². The van der Waals surface area contributed by atoms with E-state index in [0.717, 1.165) is 36.9 Å². The van der Waals surface area contributed by atoms with E-state index in [1.807, 2.05) is 25.1 Å². The summed E-state index contributed by atoms with van der Waals surface area (Å²) in [5.74, 6) is 0.413. The Morgan fingerprint density at radius 1 is 1.23 bits per heavy atom. The molecule has 2 aromatic rings. The summed E-state index contributed by atoms with van der Waals surface area (Å²) >= 11 is 0. The maximum absolute atomic E-state index is 12.8. The molecule has 3 rings (SSSR count). The van der Waals surface area contributed by atoms with Crippen LogP contribution in [0.3, 0.4) is 0 Å². The molecule has 1 aliphatic carbocycles. The van der Waals surface area contributed by atoms with E-state index in [4.69, 9.17) is 0 Å². The minimum Gasteiger partial charge on any atom is -0.306 e. The first-order chi connectivity index (χ1) is 12.4. The van der Waals surface area contributed by atoms with Gasteiger partial charge in [-0.05, 0) is 76.4 Å². The molecule has 142 valence electrons. The van der Waals surface area contributed by atoms with Crippen LogP contribution < -0.4 is 4.72 Å². The van der Waals surface area contributed by atoms with Crippen LogP contribution in [0.2, 0.25) is 0 Å². The minimum atomic E-state index is -3.54. The topological polar surface area (TPSA) is 67.2 Å². The number of benzene rings is 1. The van der Waals surface area contributed by atoms with Crippen molar-refractivity contribution in [1.82, 2.24) is 19.4 Å². The van der Waals surface area contributed by atoms with Crippen LogP contribution >= 0.6 is 0 Å². The second-order valence-electron chi connectivity index (χ2n) is 7.39. The molecular weight excluding hydrogens is 348 g/mol. The molecule has 0 unspecified atom stereocenters. The second-order valence-corrected chi connectivity index (χ2v) is 9.13. The molecule has 0 aliphatic heterocycles. The number of nitrogens with one attached hydrogen (secondary N) is 1. The summed E-state index contributed by atoms with van der Waals surface area (Å²) in [6, 6.07) is 7.83. The zero-order chi connectivity index (χ0) is 18.7. The standard InChI is InChI=1S/C19H28N4O2S/c1-15-5-8-18(23-12-4-11-20-23)13-19(15)26(24,25)21-14-16-6-9-17(10-7-16)22(2)3/h4-5,8,11-13,16-17,21H,6-7,9-10,14H2,1-3H3. The third-order valence-electron chi connectivity index (χ3n) is 5.34. The maximum Gasteiger partial charge on any atom is 0.240 e. The number of sulfonamides is 1. The summed E-state index contributed by atoms with van der Waals surface area (Å²) in [6.07, 6.45) is 7.88. The van der Waals surface area contributed by atoms with E-state index in [1.165, 1.54) is 0 Å². The molecule has 0 radical (unpaired) electrons. The van der Waals surface area contributed by atoms with E-state index in [9.17, 15) is 8.42 Å². The molecule has 26 heavy (non-hydrogen) atoms. The Bertz CT molecular complexity index is 823. The van der Waals surface area contributed by atoms with Crippen LogP contribution in [0.1, 0.15) is 31.2 Å². The molecule has 0 bridgehead atoms. The average molecular weight is 377 g/mol. The molecule has 0 saturated heterocycles. The minimum absolute atomic E-state index is 0.326. The molecule has 1 fully saturated rings. The first-order valence-electron chi connectivity index (χ1n) is 9.13. The predicted octanol–water partition coefficient (Wildman–Crippen LogP) is 2.58. The molecule has 1 aromatic carbocycles. The summed E-state index contributed by atoms with van der Waals surface area (Å²) in [4.78, 5) is 2.59. The average Bonchev–Trinajstić information content (AvgIpc) is 3.15. The van der Waals surface area contributed by atoms with E-state index < -0.39 is 10.0 Å². The quantitative estimate of drug-likeness (QED) is 0.841. The number of hydrogen-bond acceptors (Lipinski definition) is 4. The van der Waals surface area contributed by atoms with Gasteiger partial charge in [-0.25, -0.2) is 17.8 Å². The fraction of sp³-hybridized carbons (Fsp3) is 0.526. The van der Waals surface area contributed by atoms with Gasteiger partial charge in [0, 0.05) is 25.0 Å². The van der Waals surface area contributed by atoms with Crippen LogP contribution in [-0.2, 0) is 10.0 Å². The van der Waals surface area contributed by atoms with Gasteiger partial charge < -0.3 is 4.90 Å². The summed E-state index contributed by atoms with van der Waals surface area (Å²) in [6.45, 7) is 2.33. The van der Waals surface area contributed by atoms with E-state index >= 15 is 0 Å². The van der Waals surface area contributed by atoms with Gasteiger partial charge in [-0.3, -0.25) is 0 Å². The van der Waals surface area contributed by atoms with Crippen molar-refractivity contribution in [1.29, 1.82) is 0 Å². The van der Waals surface area contributed by atoms with Crippen LogP contribution in [0.15, 0.2) is 41.6 Å². The molecule has 1 saturated carbocycles. The first kappa shape index (κ1) is 19.1. The number of rotatable bonds is 6. The fourth-order valence-electron chi connectivity index (χ4n) is 3.61. The SMILES string of the molecule is Cc1ccc(-n2cccn2)cc1S(=O)(=O)NCC1CCC(N(C)C)CC1. The van der Waals surface area contributed by atoms with Gasteiger partial charge >= 0.3 is 0 Å². The highest BCUT2D eigenvalue weighted by atomic mass is 32.2. The summed E-state index contributed by atoms with van der Waals surface area (Å²) in [5.41, 5.74) is 1.48. The third-order valence-corrected chi connectivity index (χ3v) is 6.90.